The number of carbonyl (C=O) groups is 1. The van der Waals surface area contributed by atoms with E-state index in [0.29, 0.717) is 6.54 Å². The van der Waals surface area contributed by atoms with Gasteiger partial charge in [-0.15, -0.1) is 0 Å². The molecular formula is C18H29N3O2. The zero-order chi connectivity index (χ0) is 16.9. The molecule has 0 saturated carbocycles. The van der Waals surface area contributed by atoms with E-state index in [1.54, 1.807) is 7.11 Å². The van der Waals surface area contributed by atoms with Crippen molar-refractivity contribution in [1.29, 1.82) is 0 Å². The van der Waals surface area contributed by atoms with Gasteiger partial charge in [0.25, 0.3) is 0 Å². The van der Waals surface area contributed by atoms with E-state index in [2.05, 4.69) is 16.3 Å². The van der Waals surface area contributed by atoms with Crippen LogP contribution in [-0.2, 0) is 4.79 Å². The molecular weight excluding hydrogens is 290 g/mol. The van der Waals surface area contributed by atoms with Gasteiger partial charge in [-0.3, -0.25) is 4.79 Å². The van der Waals surface area contributed by atoms with Crippen molar-refractivity contribution in [3.8, 4) is 5.75 Å². The van der Waals surface area contributed by atoms with Gasteiger partial charge < -0.3 is 20.7 Å². The van der Waals surface area contributed by atoms with Gasteiger partial charge in [0.15, 0.2) is 0 Å². The fraction of sp³-hybridized carbons (Fsp3) is 0.611. The summed E-state index contributed by atoms with van der Waals surface area (Å²) in [5, 5.41) is 3.21. The normalized spacial score (nSPS) is 18.1. The van der Waals surface area contributed by atoms with Crippen LogP contribution in [0.3, 0.4) is 0 Å². The molecule has 1 unspecified atom stereocenters. The van der Waals surface area contributed by atoms with Gasteiger partial charge in [0, 0.05) is 25.7 Å². The number of para-hydroxylation sites is 2. The molecule has 1 amide bonds. The molecule has 1 fully saturated rings. The van der Waals surface area contributed by atoms with Crippen molar-refractivity contribution in [2.45, 2.75) is 39.2 Å². The van der Waals surface area contributed by atoms with Crippen LogP contribution in [0.2, 0.25) is 0 Å². The highest BCUT2D eigenvalue weighted by atomic mass is 16.5. The van der Waals surface area contributed by atoms with Crippen LogP contribution in [0.1, 0.15) is 33.1 Å². The number of amides is 1. The van der Waals surface area contributed by atoms with Crippen LogP contribution in [0.15, 0.2) is 24.3 Å². The molecule has 128 valence electrons. The first kappa shape index (κ1) is 17.6. The molecule has 1 atom stereocenters. The highest BCUT2D eigenvalue weighted by Gasteiger charge is 2.36. The minimum atomic E-state index is -0.433. The van der Waals surface area contributed by atoms with Crippen molar-refractivity contribution in [3.63, 3.8) is 0 Å². The molecule has 1 heterocycles. The highest BCUT2D eigenvalue weighted by molar-refractivity contribution is 5.83. The van der Waals surface area contributed by atoms with E-state index in [1.807, 2.05) is 32.0 Å². The number of ether oxygens (including phenoxy) is 1. The molecule has 5 nitrogen and oxygen atoms in total. The Hall–Kier alpha value is -1.75. The van der Waals surface area contributed by atoms with Gasteiger partial charge in [-0.2, -0.15) is 0 Å². The summed E-state index contributed by atoms with van der Waals surface area (Å²) in [7, 11) is 1.69. The second-order valence-corrected chi connectivity index (χ2v) is 6.27. The summed E-state index contributed by atoms with van der Waals surface area (Å²) in [5.74, 6) is 0.967. The second-order valence-electron chi connectivity index (χ2n) is 6.27. The summed E-state index contributed by atoms with van der Waals surface area (Å²) in [4.78, 5) is 14.9. The van der Waals surface area contributed by atoms with E-state index in [1.165, 1.54) is 0 Å². The van der Waals surface area contributed by atoms with E-state index < -0.39 is 5.41 Å². The number of benzene rings is 1. The summed E-state index contributed by atoms with van der Waals surface area (Å²) < 4.78 is 5.43. The lowest BCUT2D eigenvalue weighted by atomic mass is 9.81. The Labute approximate surface area is 139 Å². The average Bonchev–Trinajstić information content (AvgIpc) is 3.05. The maximum atomic E-state index is 12.6. The average molecular weight is 319 g/mol. The summed E-state index contributed by atoms with van der Waals surface area (Å²) in [6, 6.07) is 8.17. The lowest BCUT2D eigenvalue weighted by Gasteiger charge is -2.30. The quantitative estimate of drug-likeness (QED) is 0.808. The Balaban J connectivity index is 2.02. The predicted octanol–water partition coefficient (Wildman–Crippen LogP) is 2.16. The maximum absolute atomic E-state index is 12.6. The number of carbonyl (C=O) groups excluding carboxylic acids is 1. The zero-order valence-corrected chi connectivity index (χ0v) is 14.5. The van der Waals surface area contributed by atoms with E-state index in [9.17, 15) is 4.79 Å². The Bertz CT molecular complexity index is 520. The SMILES string of the molecule is CCC(CC)(CN)C(=O)NC1CCN(c2ccccc2OC)C1. The van der Waals surface area contributed by atoms with E-state index in [-0.39, 0.29) is 11.9 Å². The molecule has 1 aliphatic heterocycles. The Morgan fingerprint density at radius 3 is 2.70 bits per heavy atom. The molecule has 0 aromatic heterocycles. The number of hydrogen-bond acceptors (Lipinski definition) is 4. The van der Waals surface area contributed by atoms with Gasteiger partial charge in [0.2, 0.25) is 5.91 Å². The number of nitrogens with two attached hydrogens (primary N) is 1. The first-order valence-corrected chi connectivity index (χ1v) is 8.49. The van der Waals surface area contributed by atoms with Crippen LogP contribution < -0.4 is 20.7 Å². The molecule has 1 aliphatic rings. The van der Waals surface area contributed by atoms with Crippen LogP contribution in [0, 0.1) is 5.41 Å². The molecule has 23 heavy (non-hydrogen) atoms. The van der Waals surface area contributed by atoms with Gasteiger partial charge in [0.05, 0.1) is 18.2 Å². The number of anilines is 1. The number of nitrogens with one attached hydrogen (secondary N) is 1. The van der Waals surface area contributed by atoms with Crippen LogP contribution in [0.4, 0.5) is 5.69 Å². The minimum absolute atomic E-state index is 0.0943. The van der Waals surface area contributed by atoms with Crippen LogP contribution in [0.5, 0.6) is 5.75 Å². The van der Waals surface area contributed by atoms with Crippen LogP contribution >= 0.6 is 0 Å². The van der Waals surface area contributed by atoms with Crippen LogP contribution in [0.25, 0.3) is 0 Å². The van der Waals surface area contributed by atoms with Crippen molar-refractivity contribution in [1.82, 2.24) is 5.32 Å². The molecule has 3 N–H and O–H groups in total. The van der Waals surface area contributed by atoms with Crippen molar-refractivity contribution < 1.29 is 9.53 Å². The van der Waals surface area contributed by atoms with Crippen molar-refractivity contribution in [2.75, 3.05) is 31.6 Å². The largest absolute Gasteiger partial charge is 0.495 e. The van der Waals surface area contributed by atoms with E-state index in [0.717, 1.165) is 43.8 Å². The number of rotatable bonds is 7. The fourth-order valence-electron chi connectivity index (χ4n) is 3.28. The summed E-state index contributed by atoms with van der Waals surface area (Å²) >= 11 is 0. The summed E-state index contributed by atoms with van der Waals surface area (Å²) in [6.45, 7) is 6.19. The lowest BCUT2D eigenvalue weighted by Crippen LogP contribution is -2.49. The molecule has 1 aromatic carbocycles. The predicted molar refractivity (Wildman–Crippen MR) is 93.8 cm³/mol. The first-order valence-electron chi connectivity index (χ1n) is 8.49. The molecule has 0 radical (unpaired) electrons. The summed E-state index contributed by atoms with van der Waals surface area (Å²) in [6.07, 6.45) is 2.49. The van der Waals surface area contributed by atoms with Gasteiger partial charge in [-0.25, -0.2) is 0 Å². The molecule has 1 saturated heterocycles. The third kappa shape index (κ3) is 3.61. The molecule has 5 heteroatoms. The van der Waals surface area contributed by atoms with E-state index in [4.69, 9.17) is 10.5 Å². The number of hydrogen-bond donors (Lipinski definition) is 2. The second kappa shape index (κ2) is 7.68. The topological polar surface area (TPSA) is 67.6 Å². The van der Waals surface area contributed by atoms with Gasteiger partial charge in [0.1, 0.15) is 5.75 Å². The number of methoxy groups -OCH3 is 1. The van der Waals surface area contributed by atoms with E-state index >= 15 is 0 Å². The zero-order valence-electron chi connectivity index (χ0n) is 14.5. The third-order valence-electron chi connectivity index (χ3n) is 5.18. The van der Waals surface area contributed by atoms with Crippen molar-refractivity contribution in [3.05, 3.63) is 24.3 Å². The monoisotopic (exact) mass is 319 g/mol. The maximum Gasteiger partial charge on any atom is 0.227 e. The molecule has 2 rings (SSSR count). The standard InChI is InChI=1S/C18H29N3O2/c1-4-18(5-2,13-19)17(22)20-14-10-11-21(12-14)15-8-6-7-9-16(15)23-3/h6-9,14H,4-5,10-13,19H2,1-3H3,(H,20,22). The van der Waals surface area contributed by atoms with Crippen molar-refractivity contribution in [2.24, 2.45) is 11.1 Å². The molecule has 0 aliphatic carbocycles. The first-order chi connectivity index (χ1) is 11.1. The Kier molecular flexibility index (Phi) is 5.88. The number of nitrogens with zero attached hydrogens (tertiary/aromatic N) is 1. The fourth-order valence-corrected chi connectivity index (χ4v) is 3.28. The van der Waals surface area contributed by atoms with Gasteiger partial charge in [-0.1, -0.05) is 26.0 Å². The molecule has 0 spiro atoms. The Morgan fingerprint density at radius 2 is 2.09 bits per heavy atom. The van der Waals surface area contributed by atoms with Gasteiger partial charge in [-0.05, 0) is 31.4 Å². The molecule has 1 aromatic rings. The highest BCUT2D eigenvalue weighted by Crippen LogP contribution is 2.31. The smallest absolute Gasteiger partial charge is 0.227 e. The molecule has 0 bridgehead atoms. The van der Waals surface area contributed by atoms with Gasteiger partial charge >= 0.3 is 0 Å². The Morgan fingerprint density at radius 1 is 1.39 bits per heavy atom. The lowest BCUT2D eigenvalue weighted by molar-refractivity contribution is -0.131. The van der Waals surface area contributed by atoms with Crippen molar-refractivity contribution >= 4 is 11.6 Å². The summed E-state index contributed by atoms with van der Waals surface area (Å²) in [5.41, 5.74) is 6.53. The van der Waals surface area contributed by atoms with Crippen LogP contribution in [-0.4, -0.2) is 38.7 Å². The third-order valence-corrected chi connectivity index (χ3v) is 5.18. The minimum Gasteiger partial charge on any atom is -0.495 e.